The molecule has 0 aliphatic heterocycles. The predicted molar refractivity (Wildman–Crippen MR) is 47.7 cm³/mol. The van der Waals surface area contributed by atoms with Gasteiger partial charge in [0, 0.05) is 6.04 Å². The summed E-state index contributed by atoms with van der Waals surface area (Å²) in [5.41, 5.74) is 0. The maximum Gasteiger partial charge on any atom is 0.410 e. The molecule has 0 fully saturated rings. The zero-order valence-corrected chi connectivity index (χ0v) is 9.13. The Hall–Kier alpha value is 0.680. The minimum absolute atomic E-state index is 0.245. The number of rotatable bonds is 3. The van der Waals surface area contributed by atoms with E-state index in [1.165, 1.54) is 13.8 Å². The maximum atomic E-state index is 10.7. The molecule has 0 saturated carbocycles. The van der Waals surface area contributed by atoms with Crippen LogP contribution in [0, 0.1) is 0 Å². The van der Waals surface area contributed by atoms with Gasteiger partial charge in [-0.1, -0.05) is 0 Å². The summed E-state index contributed by atoms with van der Waals surface area (Å²) < 4.78 is 10.9. The highest BCUT2D eigenvalue weighted by atomic mass is 32.5. The summed E-state index contributed by atoms with van der Waals surface area (Å²) in [5.74, 6) is 0. The molecule has 0 aliphatic rings. The molecule has 0 aromatic rings. The summed E-state index contributed by atoms with van der Waals surface area (Å²) in [5, 5.41) is 0. The lowest BCUT2D eigenvalue weighted by atomic mass is 10.4. The van der Waals surface area contributed by atoms with Crippen molar-refractivity contribution in [1.29, 1.82) is 0 Å². The van der Waals surface area contributed by atoms with Crippen LogP contribution in [0.1, 0.15) is 13.8 Å². The smallest absolute Gasteiger partial charge is 0.333 e. The Kier molecular flexibility index (Phi) is 4.03. The second kappa shape index (κ2) is 3.82. The van der Waals surface area contributed by atoms with Crippen LogP contribution < -0.4 is 0 Å². The van der Waals surface area contributed by atoms with Crippen LogP contribution in [0.2, 0.25) is 0 Å². The van der Waals surface area contributed by atoms with Gasteiger partial charge in [-0.05, 0) is 25.7 Å². The van der Waals surface area contributed by atoms with Gasteiger partial charge in [0.1, 0.15) is 0 Å². The molecule has 0 aromatic heterocycles. The molecule has 0 bridgehead atoms. The Balaban J connectivity index is 4.97. The normalized spacial score (nSPS) is 14.3. The van der Waals surface area contributed by atoms with Gasteiger partial charge in [0.2, 0.25) is 0 Å². The summed E-state index contributed by atoms with van der Waals surface area (Å²) in [7, 11) is -4.67. The van der Waals surface area contributed by atoms with Gasteiger partial charge in [-0.15, -0.1) is 4.44 Å². The first kappa shape index (κ1) is 12.7. The third-order valence-electron chi connectivity index (χ3n) is 0.996. The SMILES string of the molecule is CC(C)N(P(=O)(O)O)P(O)(O)=S. The molecule has 6 nitrogen and oxygen atoms in total. The first-order valence-corrected chi connectivity index (χ1v) is 7.20. The van der Waals surface area contributed by atoms with Crippen molar-refractivity contribution >= 4 is 26.2 Å². The van der Waals surface area contributed by atoms with E-state index in [-0.39, 0.29) is 4.44 Å². The van der Waals surface area contributed by atoms with Crippen molar-refractivity contribution in [3.8, 4) is 0 Å². The Bertz CT molecular complexity index is 221. The molecule has 12 heavy (non-hydrogen) atoms. The Morgan fingerprint density at radius 2 is 1.58 bits per heavy atom. The second-order valence-electron chi connectivity index (χ2n) is 2.44. The van der Waals surface area contributed by atoms with E-state index in [1.54, 1.807) is 0 Å². The van der Waals surface area contributed by atoms with Crippen molar-refractivity contribution < 1.29 is 24.1 Å². The Morgan fingerprint density at radius 1 is 1.25 bits per heavy atom. The van der Waals surface area contributed by atoms with Crippen LogP contribution in [0.4, 0.5) is 0 Å². The first-order valence-electron chi connectivity index (χ1n) is 2.98. The summed E-state index contributed by atoms with van der Waals surface area (Å²) in [6.07, 6.45) is 0. The number of hydrogen-bond donors (Lipinski definition) is 4. The van der Waals surface area contributed by atoms with E-state index < -0.39 is 20.4 Å². The van der Waals surface area contributed by atoms with Crippen LogP contribution in [0.15, 0.2) is 0 Å². The molecule has 4 N–H and O–H groups in total. The first-order chi connectivity index (χ1) is 5.07. The molecule has 0 atom stereocenters. The van der Waals surface area contributed by atoms with E-state index in [4.69, 9.17) is 19.6 Å². The van der Waals surface area contributed by atoms with Crippen molar-refractivity contribution in [3.63, 3.8) is 0 Å². The van der Waals surface area contributed by atoms with Crippen molar-refractivity contribution in [2.45, 2.75) is 19.9 Å². The zero-order valence-electron chi connectivity index (χ0n) is 6.52. The topological polar surface area (TPSA) is 101 Å². The molecule has 0 rings (SSSR count). The third-order valence-corrected chi connectivity index (χ3v) is 5.33. The van der Waals surface area contributed by atoms with Crippen LogP contribution >= 0.6 is 14.4 Å². The van der Waals surface area contributed by atoms with E-state index in [2.05, 4.69) is 11.8 Å². The van der Waals surface area contributed by atoms with Gasteiger partial charge in [-0.3, -0.25) is 0 Å². The van der Waals surface area contributed by atoms with Crippen LogP contribution in [-0.2, 0) is 16.4 Å². The second-order valence-corrected chi connectivity index (χ2v) is 7.14. The molecule has 0 saturated heterocycles. The molecule has 0 unspecified atom stereocenters. The molecule has 0 heterocycles. The Labute approximate surface area is 75.3 Å². The van der Waals surface area contributed by atoms with Gasteiger partial charge in [0.05, 0.1) is 0 Å². The third kappa shape index (κ3) is 3.60. The molecule has 0 radical (unpaired) electrons. The van der Waals surface area contributed by atoms with Crippen LogP contribution in [0.25, 0.3) is 0 Å². The lowest BCUT2D eigenvalue weighted by Crippen LogP contribution is -2.24. The van der Waals surface area contributed by atoms with Crippen molar-refractivity contribution in [2.75, 3.05) is 0 Å². The van der Waals surface area contributed by atoms with E-state index in [0.717, 1.165) is 0 Å². The maximum absolute atomic E-state index is 10.7. The highest BCUT2D eigenvalue weighted by Gasteiger charge is 2.38. The van der Waals surface area contributed by atoms with Gasteiger partial charge < -0.3 is 19.6 Å². The average molecular weight is 235 g/mol. The molecule has 9 heteroatoms. The zero-order chi connectivity index (χ0) is 10.2. The average Bonchev–Trinajstić information content (AvgIpc) is 1.49. The largest absolute Gasteiger partial charge is 0.410 e. The van der Waals surface area contributed by atoms with Crippen molar-refractivity contribution in [3.05, 3.63) is 0 Å². The molecular formula is C3H11NO5P2S. The summed E-state index contributed by atoms with van der Waals surface area (Å²) in [6, 6.07) is -0.716. The van der Waals surface area contributed by atoms with E-state index in [0.29, 0.717) is 0 Å². The number of hydrogen-bond acceptors (Lipinski definition) is 2. The van der Waals surface area contributed by atoms with Crippen LogP contribution in [-0.4, -0.2) is 30.1 Å². The molecule has 0 aromatic carbocycles. The highest BCUT2D eigenvalue weighted by Crippen LogP contribution is 2.59. The fourth-order valence-electron chi connectivity index (χ4n) is 0.753. The molecule has 0 spiro atoms. The predicted octanol–water partition coefficient (Wildman–Crippen LogP) is -0.00140. The standard InChI is InChI=1S/C3H11NO5P2S/c1-3(2)4(10(5,6)7)11(8,9)12/h3H,1-2H3,(H2,5,6,7)(H2,8,9,12). The van der Waals surface area contributed by atoms with E-state index in [9.17, 15) is 4.57 Å². The Morgan fingerprint density at radius 3 is 1.58 bits per heavy atom. The summed E-state index contributed by atoms with van der Waals surface area (Å²) in [6.45, 7) is -1.23. The van der Waals surface area contributed by atoms with Crippen LogP contribution in [0.5, 0.6) is 0 Å². The fourth-order valence-corrected chi connectivity index (χ4v) is 4.59. The molecule has 0 aliphatic carbocycles. The van der Waals surface area contributed by atoms with E-state index in [1.807, 2.05) is 0 Å². The van der Waals surface area contributed by atoms with Gasteiger partial charge >= 0.3 is 7.75 Å². The molecule has 74 valence electrons. The lowest BCUT2D eigenvalue weighted by molar-refractivity contribution is 0.282. The fraction of sp³-hybridized carbons (Fsp3) is 1.00. The van der Waals surface area contributed by atoms with E-state index >= 15 is 0 Å². The molecule has 0 amide bonds. The van der Waals surface area contributed by atoms with Gasteiger partial charge in [-0.25, -0.2) is 4.57 Å². The monoisotopic (exact) mass is 235 g/mol. The van der Waals surface area contributed by atoms with Crippen molar-refractivity contribution in [1.82, 2.24) is 4.44 Å². The van der Waals surface area contributed by atoms with Crippen molar-refractivity contribution in [2.24, 2.45) is 0 Å². The van der Waals surface area contributed by atoms with Crippen LogP contribution in [0.3, 0.4) is 0 Å². The summed E-state index contributed by atoms with van der Waals surface area (Å²) >= 11 is 4.19. The van der Waals surface area contributed by atoms with Gasteiger partial charge in [-0.2, -0.15) is 0 Å². The summed E-state index contributed by atoms with van der Waals surface area (Å²) in [4.78, 5) is 35.1. The van der Waals surface area contributed by atoms with Gasteiger partial charge in [0.15, 0.2) is 0 Å². The van der Waals surface area contributed by atoms with Gasteiger partial charge in [0.25, 0.3) is 6.64 Å². The number of nitrogens with zero attached hydrogens (tertiary/aromatic N) is 1. The quantitative estimate of drug-likeness (QED) is 0.510. The molecular weight excluding hydrogens is 224 g/mol. The minimum Gasteiger partial charge on any atom is -0.333 e. The highest BCUT2D eigenvalue weighted by molar-refractivity contribution is 8.09. The minimum atomic E-state index is -4.67. The lowest BCUT2D eigenvalue weighted by Gasteiger charge is -2.29.